The quantitative estimate of drug-likeness (QED) is 0.790. The number of β-amino-alcohol motifs (C(OH)–C–C–N with tert-alkyl or cyclic N) is 1. The van der Waals surface area contributed by atoms with Gasteiger partial charge >= 0.3 is 0 Å². The van der Waals surface area contributed by atoms with Gasteiger partial charge < -0.3 is 15.2 Å². The highest BCUT2D eigenvalue weighted by atomic mass is 16.5. The number of ether oxygens (including phenoxy) is 1. The third-order valence-corrected chi connectivity index (χ3v) is 6.35. The van der Waals surface area contributed by atoms with Crippen LogP contribution in [0.2, 0.25) is 0 Å². The summed E-state index contributed by atoms with van der Waals surface area (Å²) in [6, 6.07) is 0. The van der Waals surface area contributed by atoms with Gasteiger partial charge in [0, 0.05) is 18.7 Å². The second kappa shape index (κ2) is 5.82. The minimum atomic E-state index is -0.316. The summed E-state index contributed by atoms with van der Waals surface area (Å²) in [4.78, 5) is 0. The predicted molar refractivity (Wildman–Crippen MR) is 87.3 cm³/mol. The van der Waals surface area contributed by atoms with Gasteiger partial charge in [0.05, 0.1) is 12.2 Å². The highest BCUT2D eigenvalue weighted by molar-refractivity contribution is 5.11. The molecule has 124 valence electrons. The maximum Gasteiger partial charge on any atom is 0.0686 e. The fourth-order valence-corrected chi connectivity index (χ4v) is 4.25. The number of aliphatic hydroxyl groups excluding tert-OH is 1. The summed E-state index contributed by atoms with van der Waals surface area (Å²) in [5.74, 6) is 0.819. The summed E-state index contributed by atoms with van der Waals surface area (Å²) in [6.45, 7) is 14.9. The van der Waals surface area contributed by atoms with Crippen LogP contribution in [0, 0.1) is 16.7 Å². The van der Waals surface area contributed by atoms with E-state index in [9.17, 15) is 5.11 Å². The number of fused-ring (bicyclic) bond motifs is 2. The molecule has 2 N–H and O–H groups in total. The molecule has 0 radical (unpaired) electrons. The Bertz CT molecular complexity index is 361. The summed E-state index contributed by atoms with van der Waals surface area (Å²) in [7, 11) is 0. The lowest BCUT2D eigenvalue weighted by Gasteiger charge is -2.39. The Balaban J connectivity index is 1.73. The van der Waals surface area contributed by atoms with Crippen molar-refractivity contribution in [2.24, 2.45) is 16.7 Å². The van der Waals surface area contributed by atoms with E-state index >= 15 is 0 Å². The molecule has 2 saturated carbocycles. The number of aliphatic hydroxyl groups is 1. The topological polar surface area (TPSA) is 41.5 Å². The molecule has 0 aromatic heterocycles. The maximum atomic E-state index is 10.0. The third kappa shape index (κ3) is 3.46. The van der Waals surface area contributed by atoms with E-state index < -0.39 is 0 Å². The van der Waals surface area contributed by atoms with Gasteiger partial charge in [-0.1, -0.05) is 20.8 Å². The first-order valence-electron chi connectivity index (χ1n) is 8.61. The molecule has 2 rings (SSSR count). The van der Waals surface area contributed by atoms with Gasteiger partial charge in [0.15, 0.2) is 0 Å². The van der Waals surface area contributed by atoms with Crippen molar-refractivity contribution in [3.05, 3.63) is 0 Å². The first kappa shape index (κ1) is 17.2. The van der Waals surface area contributed by atoms with E-state index in [1.165, 1.54) is 19.3 Å². The van der Waals surface area contributed by atoms with Crippen molar-refractivity contribution in [2.75, 3.05) is 13.2 Å². The number of hydrogen-bond donors (Lipinski definition) is 2. The highest BCUT2D eigenvalue weighted by Crippen LogP contribution is 2.66. The average Bonchev–Trinajstić information content (AvgIpc) is 2.68. The molecule has 21 heavy (non-hydrogen) atoms. The zero-order chi connectivity index (χ0) is 15.9. The molecular weight excluding hydrogens is 262 g/mol. The molecule has 0 aromatic rings. The van der Waals surface area contributed by atoms with E-state index in [2.05, 4.69) is 46.9 Å². The van der Waals surface area contributed by atoms with Gasteiger partial charge in [-0.25, -0.2) is 0 Å². The first-order chi connectivity index (χ1) is 9.56. The molecule has 2 aliphatic rings. The average molecular weight is 297 g/mol. The van der Waals surface area contributed by atoms with Crippen molar-refractivity contribution in [3.8, 4) is 0 Å². The van der Waals surface area contributed by atoms with E-state index in [1.54, 1.807) is 0 Å². The van der Waals surface area contributed by atoms with Crippen molar-refractivity contribution < 1.29 is 9.84 Å². The first-order valence-corrected chi connectivity index (χ1v) is 8.61. The van der Waals surface area contributed by atoms with Crippen LogP contribution in [0.1, 0.15) is 67.2 Å². The Hall–Kier alpha value is -0.120. The van der Waals surface area contributed by atoms with E-state index in [0.717, 1.165) is 12.3 Å². The standard InChI is InChI=1S/C18H35NO2/c1-16(2,3)19-12-14(20)8-10-21-15-11-13-7-9-18(15,6)17(13,4)5/h13-15,19-20H,7-12H2,1-6H3/t13-,14+,15-,18-/m1/s1. The normalized spacial score (nSPS) is 36.1. The molecule has 2 bridgehead atoms. The van der Waals surface area contributed by atoms with Gasteiger partial charge in [0.1, 0.15) is 0 Å². The van der Waals surface area contributed by atoms with Crippen LogP contribution in [0.3, 0.4) is 0 Å². The molecule has 0 amide bonds. The molecule has 0 spiro atoms. The summed E-state index contributed by atoms with van der Waals surface area (Å²) in [5.41, 5.74) is 0.792. The number of rotatable bonds is 6. The van der Waals surface area contributed by atoms with Crippen molar-refractivity contribution >= 4 is 0 Å². The summed E-state index contributed by atoms with van der Waals surface area (Å²) in [5, 5.41) is 13.4. The summed E-state index contributed by atoms with van der Waals surface area (Å²) < 4.78 is 6.19. The molecule has 0 heterocycles. The van der Waals surface area contributed by atoms with Gasteiger partial charge in [-0.05, 0) is 63.2 Å². The lowest BCUT2D eigenvalue weighted by molar-refractivity contribution is -0.0548. The maximum absolute atomic E-state index is 10.0. The SMILES string of the molecule is CC(C)(C)NC[C@@H](O)CCO[C@@H]1C[C@H]2CC[C@@]1(C)C2(C)C. The van der Waals surface area contributed by atoms with Crippen LogP contribution in [0.4, 0.5) is 0 Å². The van der Waals surface area contributed by atoms with Crippen LogP contribution in [0.25, 0.3) is 0 Å². The van der Waals surface area contributed by atoms with Gasteiger partial charge in [-0.3, -0.25) is 0 Å². The van der Waals surface area contributed by atoms with Crippen LogP contribution in [0.5, 0.6) is 0 Å². The van der Waals surface area contributed by atoms with Crippen molar-refractivity contribution in [3.63, 3.8) is 0 Å². The molecule has 0 aromatic carbocycles. The van der Waals surface area contributed by atoms with Crippen LogP contribution < -0.4 is 5.32 Å². The minimum Gasteiger partial charge on any atom is -0.392 e. The van der Waals surface area contributed by atoms with E-state index in [-0.39, 0.29) is 11.6 Å². The third-order valence-electron chi connectivity index (χ3n) is 6.35. The molecule has 3 heteroatoms. The summed E-state index contributed by atoms with van der Waals surface area (Å²) >= 11 is 0. The largest absolute Gasteiger partial charge is 0.392 e. The molecule has 4 atom stereocenters. The molecular formula is C18H35NO2. The number of hydrogen-bond acceptors (Lipinski definition) is 3. The second-order valence-electron chi connectivity index (χ2n) is 9.04. The highest BCUT2D eigenvalue weighted by Gasteiger charge is 2.61. The van der Waals surface area contributed by atoms with E-state index in [0.29, 0.717) is 30.1 Å². The second-order valence-corrected chi connectivity index (χ2v) is 9.04. The minimum absolute atomic E-state index is 0.0595. The molecule has 0 saturated heterocycles. The Labute approximate surface area is 130 Å². The zero-order valence-corrected chi connectivity index (χ0v) is 14.8. The van der Waals surface area contributed by atoms with Crippen LogP contribution in [-0.2, 0) is 4.74 Å². The lowest BCUT2D eigenvalue weighted by Crippen LogP contribution is -2.41. The molecule has 0 aliphatic heterocycles. The predicted octanol–water partition coefficient (Wildman–Crippen LogP) is 3.36. The van der Waals surface area contributed by atoms with E-state index in [1.807, 2.05) is 0 Å². The molecule has 2 aliphatic carbocycles. The fraction of sp³-hybridized carbons (Fsp3) is 1.00. The Kier molecular flexibility index (Phi) is 4.78. The van der Waals surface area contributed by atoms with Crippen molar-refractivity contribution in [2.45, 2.75) is 85.0 Å². The zero-order valence-electron chi connectivity index (χ0n) is 14.8. The van der Waals surface area contributed by atoms with Crippen LogP contribution in [-0.4, -0.2) is 36.0 Å². The smallest absolute Gasteiger partial charge is 0.0686 e. The van der Waals surface area contributed by atoms with E-state index in [4.69, 9.17) is 4.74 Å². The van der Waals surface area contributed by atoms with Crippen LogP contribution >= 0.6 is 0 Å². The monoisotopic (exact) mass is 297 g/mol. The Morgan fingerprint density at radius 1 is 1.29 bits per heavy atom. The lowest BCUT2D eigenvalue weighted by atomic mass is 9.70. The van der Waals surface area contributed by atoms with Crippen LogP contribution in [0.15, 0.2) is 0 Å². The summed E-state index contributed by atoms with van der Waals surface area (Å²) in [6.07, 6.45) is 4.66. The van der Waals surface area contributed by atoms with Crippen molar-refractivity contribution in [1.82, 2.24) is 5.32 Å². The van der Waals surface area contributed by atoms with Gasteiger partial charge in [0.2, 0.25) is 0 Å². The molecule has 0 unspecified atom stereocenters. The van der Waals surface area contributed by atoms with Gasteiger partial charge in [-0.2, -0.15) is 0 Å². The van der Waals surface area contributed by atoms with Gasteiger partial charge in [0.25, 0.3) is 0 Å². The number of nitrogens with one attached hydrogen (secondary N) is 1. The molecule has 2 fully saturated rings. The van der Waals surface area contributed by atoms with Gasteiger partial charge in [-0.15, -0.1) is 0 Å². The Morgan fingerprint density at radius 2 is 1.95 bits per heavy atom. The van der Waals surface area contributed by atoms with Crippen molar-refractivity contribution in [1.29, 1.82) is 0 Å². The fourth-order valence-electron chi connectivity index (χ4n) is 4.25. The Morgan fingerprint density at radius 3 is 2.43 bits per heavy atom. The molecule has 3 nitrogen and oxygen atoms in total.